The Morgan fingerprint density at radius 2 is 1.67 bits per heavy atom. The smallest absolute Gasteiger partial charge is 0.250 e. The Hall–Kier alpha value is -2.99. The molecule has 136 valence electrons. The molecule has 2 saturated heterocycles. The average molecular weight is 361 g/mol. The molecule has 0 aromatic heterocycles. The van der Waals surface area contributed by atoms with Crippen LogP contribution in [0.2, 0.25) is 0 Å². The second kappa shape index (κ2) is 5.50. The Morgan fingerprint density at radius 1 is 0.963 bits per heavy atom. The summed E-state index contributed by atoms with van der Waals surface area (Å²) in [5.74, 6) is -2.02. The highest BCUT2D eigenvalue weighted by Crippen LogP contribution is 2.52. The number of anilines is 1. The van der Waals surface area contributed by atoms with Crippen LogP contribution in [0.3, 0.4) is 0 Å². The number of hydrogen-bond donors (Lipinski definition) is 2. The van der Waals surface area contributed by atoms with Gasteiger partial charge in [-0.3, -0.25) is 24.6 Å². The number of carbonyl (C=O) groups is 3. The molecule has 1 unspecified atom stereocenters. The van der Waals surface area contributed by atoms with Crippen molar-refractivity contribution in [2.45, 2.75) is 25.0 Å². The van der Waals surface area contributed by atoms with E-state index in [-0.39, 0.29) is 30.3 Å². The molecule has 0 radical (unpaired) electrons. The first-order chi connectivity index (χ1) is 13.0. The fourth-order valence-electron chi connectivity index (χ4n) is 4.90. The van der Waals surface area contributed by atoms with Gasteiger partial charge in [-0.15, -0.1) is 0 Å². The Labute approximate surface area is 156 Å². The second-order valence-electron chi connectivity index (χ2n) is 7.49. The van der Waals surface area contributed by atoms with Crippen LogP contribution in [0.25, 0.3) is 0 Å². The maximum atomic E-state index is 13.3. The van der Waals surface area contributed by atoms with E-state index < -0.39 is 17.4 Å². The van der Waals surface area contributed by atoms with Crippen molar-refractivity contribution in [3.8, 4) is 0 Å². The van der Waals surface area contributed by atoms with E-state index in [0.717, 1.165) is 11.1 Å². The number of benzene rings is 2. The van der Waals surface area contributed by atoms with Gasteiger partial charge in [0.2, 0.25) is 17.7 Å². The van der Waals surface area contributed by atoms with Crippen LogP contribution in [0.1, 0.15) is 18.1 Å². The molecule has 0 aliphatic carbocycles. The molecule has 1 spiro atoms. The van der Waals surface area contributed by atoms with Gasteiger partial charge in [0.25, 0.3) is 0 Å². The third-order valence-corrected chi connectivity index (χ3v) is 6.04. The van der Waals surface area contributed by atoms with Gasteiger partial charge in [-0.1, -0.05) is 48.5 Å². The number of imide groups is 1. The van der Waals surface area contributed by atoms with Gasteiger partial charge in [-0.05, 0) is 18.6 Å². The average Bonchev–Trinajstić information content (AvgIpc) is 3.23. The third-order valence-electron chi connectivity index (χ3n) is 6.04. The molecule has 3 aliphatic heterocycles. The van der Waals surface area contributed by atoms with Crippen LogP contribution < -0.4 is 10.6 Å². The number of nitrogens with one attached hydrogen (secondary N) is 2. The molecule has 5 rings (SSSR count). The maximum absolute atomic E-state index is 13.3. The van der Waals surface area contributed by atoms with E-state index >= 15 is 0 Å². The molecule has 3 aliphatic rings. The first-order valence-corrected chi connectivity index (χ1v) is 9.12. The van der Waals surface area contributed by atoms with Crippen molar-refractivity contribution in [3.63, 3.8) is 0 Å². The van der Waals surface area contributed by atoms with Crippen molar-refractivity contribution in [1.29, 1.82) is 0 Å². The molecular weight excluding hydrogens is 342 g/mol. The second-order valence-corrected chi connectivity index (χ2v) is 7.49. The Bertz CT molecular complexity index is 974. The summed E-state index contributed by atoms with van der Waals surface area (Å²) in [4.78, 5) is 40.8. The highest BCUT2D eigenvalue weighted by atomic mass is 16.2. The summed E-state index contributed by atoms with van der Waals surface area (Å²) in [7, 11) is 0. The van der Waals surface area contributed by atoms with Gasteiger partial charge in [-0.25, -0.2) is 0 Å². The van der Waals surface area contributed by atoms with E-state index in [9.17, 15) is 14.4 Å². The Balaban J connectivity index is 1.59. The molecule has 3 heterocycles. The van der Waals surface area contributed by atoms with Crippen LogP contribution >= 0.6 is 0 Å². The number of carbonyl (C=O) groups excluding carboxylic acids is 3. The molecular formula is C21H19N3O3. The van der Waals surface area contributed by atoms with Crippen LogP contribution in [-0.4, -0.2) is 28.7 Å². The van der Waals surface area contributed by atoms with Gasteiger partial charge >= 0.3 is 0 Å². The summed E-state index contributed by atoms with van der Waals surface area (Å²) in [6.07, 6.45) is 0. The molecule has 2 fully saturated rings. The number of likely N-dealkylation sites (tertiary alicyclic amines) is 1. The summed E-state index contributed by atoms with van der Waals surface area (Å²) < 4.78 is 0. The number of nitrogens with zero attached hydrogens (tertiary/aromatic N) is 1. The molecule has 0 bridgehead atoms. The predicted octanol–water partition coefficient (Wildman–Crippen LogP) is 1.63. The van der Waals surface area contributed by atoms with Crippen LogP contribution in [0.5, 0.6) is 0 Å². The van der Waals surface area contributed by atoms with Gasteiger partial charge in [0.05, 0.1) is 18.4 Å². The van der Waals surface area contributed by atoms with Crippen molar-refractivity contribution >= 4 is 23.4 Å². The lowest BCUT2D eigenvalue weighted by atomic mass is 9.76. The lowest BCUT2D eigenvalue weighted by molar-refractivity contribution is -0.143. The lowest BCUT2D eigenvalue weighted by Gasteiger charge is -2.29. The molecule has 2 aromatic rings. The zero-order valence-electron chi connectivity index (χ0n) is 14.8. The van der Waals surface area contributed by atoms with Crippen molar-refractivity contribution in [1.82, 2.24) is 10.2 Å². The van der Waals surface area contributed by atoms with Crippen LogP contribution in [0.4, 0.5) is 5.69 Å². The normalized spacial score (nSPS) is 31.4. The summed E-state index contributed by atoms with van der Waals surface area (Å²) in [5, 5.41) is 6.18. The first kappa shape index (κ1) is 16.2. The summed E-state index contributed by atoms with van der Waals surface area (Å²) in [6, 6.07) is 16.5. The van der Waals surface area contributed by atoms with E-state index in [2.05, 4.69) is 10.6 Å². The Kier molecular flexibility index (Phi) is 3.30. The zero-order valence-corrected chi connectivity index (χ0v) is 14.8. The first-order valence-electron chi connectivity index (χ1n) is 9.12. The van der Waals surface area contributed by atoms with E-state index in [1.54, 1.807) is 0 Å². The van der Waals surface area contributed by atoms with E-state index in [0.29, 0.717) is 5.69 Å². The zero-order chi connectivity index (χ0) is 18.8. The summed E-state index contributed by atoms with van der Waals surface area (Å²) in [5.41, 5.74) is 1.16. The minimum Gasteiger partial charge on any atom is -0.324 e. The SMILES string of the molecule is CC1N[C@@]2(C(=O)Nc3ccccc32)[C@@H]2C(=O)N(Cc3ccccc3)C(=O)[C@H]12. The maximum Gasteiger partial charge on any atom is 0.250 e. The minimum absolute atomic E-state index is 0.206. The summed E-state index contributed by atoms with van der Waals surface area (Å²) >= 11 is 0. The topological polar surface area (TPSA) is 78.5 Å². The highest BCUT2D eigenvalue weighted by Gasteiger charge is 2.69. The van der Waals surface area contributed by atoms with Crippen molar-refractivity contribution in [2.24, 2.45) is 11.8 Å². The fraction of sp³-hybridized carbons (Fsp3) is 0.286. The minimum atomic E-state index is -1.18. The Morgan fingerprint density at radius 3 is 2.44 bits per heavy atom. The standard InChI is InChI=1S/C21H19N3O3/c1-12-16-17(19(26)24(18(16)25)11-13-7-3-2-4-8-13)21(23-12)14-9-5-6-10-15(14)22-20(21)27/h2-10,12,16-17,23H,11H2,1H3,(H,22,27)/t12?,16-,17+,21-/m1/s1. The molecule has 3 amide bonds. The van der Waals surface area contributed by atoms with Crippen LogP contribution in [-0.2, 0) is 26.5 Å². The number of fused-ring (bicyclic) bond motifs is 4. The molecule has 4 atom stereocenters. The van der Waals surface area contributed by atoms with Crippen molar-refractivity contribution < 1.29 is 14.4 Å². The molecule has 2 aromatic carbocycles. The van der Waals surface area contributed by atoms with Gasteiger partial charge in [0.1, 0.15) is 5.54 Å². The van der Waals surface area contributed by atoms with Gasteiger partial charge < -0.3 is 5.32 Å². The molecule has 2 N–H and O–H groups in total. The fourth-order valence-corrected chi connectivity index (χ4v) is 4.90. The lowest BCUT2D eigenvalue weighted by Crippen LogP contribution is -2.52. The number of amides is 3. The number of rotatable bonds is 2. The van der Waals surface area contributed by atoms with Crippen molar-refractivity contribution in [3.05, 3.63) is 65.7 Å². The monoisotopic (exact) mass is 361 g/mol. The molecule has 0 saturated carbocycles. The van der Waals surface area contributed by atoms with Gasteiger partial charge in [-0.2, -0.15) is 0 Å². The van der Waals surface area contributed by atoms with E-state index in [4.69, 9.17) is 0 Å². The molecule has 6 heteroatoms. The van der Waals surface area contributed by atoms with Crippen LogP contribution in [0.15, 0.2) is 54.6 Å². The summed E-state index contributed by atoms with van der Waals surface area (Å²) in [6.45, 7) is 2.11. The van der Waals surface area contributed by atoms with Gasteiger partial charge in [0.15, 0.2) is 0 Å². The molecule has 6 nitrogen and oxygen atoms in total. The quantitative estimate of drug-likeness (QED) is 0.797. The van der Waals surface area contributed by atoms with E-state index in [1.165, 1.54) is 4.90 Å². The van der Waals surface area contributed by atoms with E-state index in [1.807, 2.05) is 61.5 Å². The molecule has 27 heavy (non-hydrogen) atoms. The third kappa shape index (κ3) is 2.01. The largest absolute Gasteiger partial charge is 0.324 e. The van der Waals surface area contributed by atoms with Gasteiger partial charge in [0, 0.05) is 17.3 Å². The van der Waals surface area contributed by atoms with Crippen molar-refractivity contribution in [2.75, 3.05) is 5.32 Å². The number of hydrogen-bond acceptors (Lipinski definition) is 4. The highest BCUT2D eigenvalue weighted by molar-refractivity contribution is 6.15. The van der Waals surface area contributed by atoms with Crippen LogP contribution in [0, 0.1) is 11.8 Å². The predicted molar refractivity (Wildman–Crippen MR) is 98.3 cm³/mol. The number of para-hydroxylation sites is 1.